The summed E-state index contributed by atoms with van der Waals surface area (Å²) in [5.74, 6) is 0.686. The zero-order valence-electron chi connectivity index (χ0n) is 17.1. The maximum absolute atomic E-state index is 12.9. The molecule has 2 heterocycles. The number of nitrogens with zero attached hydrogens (tertiary/aromatic N) is 2. The van der Waals surface area contributed by atoms with Gasteiger partial charge in [0, 0.05) is 42.8 Å². The van der Waals surface area contributed by atoms with Gasteiger partial charge in [-0.25, -0.2) is 0 Å². The lowest BCUT2D eigenvalue weighted by Gasteiger charge is -2.29. The van der Waals surface area contributed by atoms with E-state index in [1.54, 1.807) is 16.2 Å². The van der Waals surface area contributed by atoms with E-state index in [9.17, 15) is 4.79 Å². The molecule has 0 aliphatic carbocycles. The minimum Gasteiger partial charge on any atom is -0.488 e. The number of carbonyl (C=O) groups excluding carboxylic acids is 1. The van der Waals surface area contributed by atoms with Gasteiger partial charge in [-0.3, -0.25) is 4.79 Å². The van der Waals surface area contributed by atoms with E-state index in [0.717, 1.165) is 36.7 Å². The number of ether oxygens (including phenoxy) is 2. The van der Waals surface area contributed by atoms with Crippen LogP contribution in [0.25, 0.3) is 0 Å². The Morgan fingerprint density at radius 1 is 1.10 bits per heavy atom. The number of hydrogen-bond acceptors (Lipinski definition) is 5. The molecule has 156 valence electrons. The molecule has 1 fully saturated rings. The maximum Gasteiger partial charge on any atom is 0.254 e. The number of carbonyl (C=O) groups is 1. The van der Waals surface area contributed by atoms with Crippen LogP contribution in [0, 0.1) is 0 Å². The van der Waals surface area contributed by atoms with Crippen LogP contribution in [-0.2, 0) is 17.9 Å². The summed E-state index contributed by atoms with van der Waals surface area (Å²) in [6.07, 6.45) is 0. The van der Waals surface area contributed by atoms with Crippen molar-refractivity contribution in [2.75, 3.05) is 38.3 Å². The van der Waals surface area contributed by atoms with E-state index in [0.29, 0.717) is 24.5 Å². The Kier molecular flexibility index (Phi) is 6.67. The van der Waals surface area contributed by atoms with Gasteiger partial charge in [-0.1, -0.05) is 24.3 Å². The summed E-state index contributed by atoms with van der Waals surface area (Å²) in [5.41, 5.74) is 2.94. The van der Waals surface area contributed by atoms with Crippen LogP contribution in [0.15, 0.2) is 66.0 Å². The number of hydrogen-bond donors (Lipinski definition) is 0. The van der Waals surface area contributed by atoms with Gasteiger partial charge in [0.2, 0.25) is 0 Å². The Morgan fingerprint density at radius 2 is 1.90 bits per heavy atom. The molecule has 0 atom stereocenters. The van der Waals surface area contributed by atoms with E-state index in [1.807, 2.05) is 48.8 Å². The molecule has 30 heavy (non-hydrogen) atoms. The maximum atomic E-state index is 12.9. The molecule has 0 N–H and O–H groups in total. The molecule has 0 spiro atoms. The van der Waals surface area contributed by atoms with Gasteiger partial charge in [0.15, 0.2) is 0 Å². The Labute approximate surface area is 181 Å². The Hall–Kier alpha value is -2.83. The lowest BCUT2D eigenvalue weighted by molar-refractivity contribution is 0.0784. The molecule has 1 aliphatic rings. The van der Waals surface area contributed by atoms with Crippen molar-refractivity contribution in [3.05, 3.63) is 82.0 Å². The van der Waals surface area contributed by atoms with Crippen LogP contribution < -0.4 is 9.64 Å². The Morgan fingerprint density at radius 3 is 2.63 bits per heavy atom. The largest absolute Gasteiger partial charge is 0.488 e. The first kappa shape index (κ1) is 20.4. The minimum absolute atomic E-state index is 0.0196. The molecule has 1 amide bonds. The third-order valence-corrected chi connectivity index (χ3v) is 5.97. The highest BCUT2D eigenvalue weighted by Gasteiger charge is 2.14. The molecule has 0 unspecified atom stereocenters. The quantitative estimate of drug-likeness (QED) is 0.565. The zero-order valence-corrected chi connectivity index (χ0v) is 17.9. The van der Waals surface area contributed by atoms with Gasteiger partial charge in [0.1, 0.15) is 12.4 Å². The van der Waals surface area contributed by atoms with E-state index >= 15 is 0 Å². The Balaban J connectivity index is 1.35. The Bertz CT molecular complexity index is 951. The summed E-state index contributed by atoms with van der Waals surface area (Å²) in [5, 5.41) is 2.03. The van der Waals surface area contributed by atoms with Gasteiger partial charge < -0.3 is 19.3 Å². The van der Waals surface area contributed by atoms with Crippen LogP contribution >= 0.6 is 11.3 Å². The van der Waals surface area contributed by atoms with Crippen LogP contribution in [0.3, 0.4) is 0 Å². The van der Waals surface area contributed by atoms with Gasteiger partial charge in [-0.15, -0.1) is 11.3 Å². The van der Waals surface area contributed by atoms with Crippen LogP contribution in [-0.4, -0.2) is 44.2 Å². The number of morpholine rings is 1. The monoisotopic (exact) mass is 422 g/mol. The van der Waals surface area contributed by atoms with Gasteiger partial charge in [0.05, 0.1) is 13.2 Å². The summed E-state index contributed by atoms with van der Waals surface area (Å²) in [6, 6.07) is 19.9. The lowest BCUT2D eigenvalue weighted by Crippen LogP contribution is -2.36. The second-order valence-electron chi connectivity index (χ2n) is 7.32. The number of amides is 1. The molecule has 2 aromatic carbocycles. The number of benzene rings is 2. The number of thiophene rings is 1. The summed E-state index contributed by atoms with van der Waals surface area (Å²) in [6.45, 7) is 4.46. The third kappa shape index (κ3) is 5.20. The van der Waals surface area contributed by atoms with Crippen LogP contribution in [0.5, 0.6) is 5.75 Å². The summed E-state index contributed by atoms with van der Waals surface area (Å²) >= 11 is 1.66. The summed E-state index contributed by atoms with van der Waals surface area (Å²) in [4.78, 5) is 18.1. The van der Waals surface area contributed by atoms with Crippen molar-refractivity contribution in [2.45, 2.75) is 13.2 Å². The van der Waals surface area contributed by atoms with E-state index in [4.69, 9.17) is 9.47 Å². The van der Waals surface area contributed by atoms with Crippen molar-refractivity contribution in [3.8, 4) is 5.75 Å². The van der Waals surface area contributed by atoms with Gasteiger partial charge >= 0.3 is 0 Å². The predicted octanol–water partition coefficient (Wildman–Crippen LogP) is 4.44. The first-order valence-electron chi connectivity index (χ1n) is 10.1. The van der Waals surface area contributed by atoms with Crippen molar-refractivity contribution < 1.29 is 14.3 Å². The molecular formula is C24H26N2O3S. The molecular weight excluding hydrogens is 396 g/mol. The molecule has 0 saturated carbocycles. The number of anilines is 1. The van der Waals surface area contributed by atoms with E-state index in [-0.39, 0.29) is 5.91 Å². The van der Waals surface area contributed by atoms with Gasteiger partial charge in [-0.05, 0) is 47.3 Å². The summed E-state index contributed by atoms with van der Waals surface area (Å²) in [7, 11) is 1.83. The first-order chi connectivity index (χ1) is 14.7. The average Bonchev–Trinajstić information content (AvgIpc) is 3.32. The van der Waals surface area contributed by atoms with Crippen molar-refractivity contribution in [1.82, 2.24) is 4.90 Å². The van der Waals surface area contributed by atoms with Crippen molar-refractivity contribution >= 4 is 22.9 Å². The van der Waals surface area contributed by atoms with E-state index < -0.39 is 0 Å². The molecule has 6 heteroatoms. The van der Waals surface area contributed by atoms with Crippen molar-refractivity contribution in [2.24, 2.45) is 0 Å². The lowest BCUT2D eigenvalue weighted by atomic mass is 10.1. The fourth-order valence-corrected chi connectivity index (χ4v) is 4.08. The van der Waals surface area contributed by atoms with E-state index in [2.05, 4.69) is 29.2 Å². The molecule has 0 radical (unpaired) electrons. The molecule has 0 bridgehead atoms. The second kappa shape index (κ2) is 9.78. The van der Waals surface area contributed by atoms with Crippen LogP contribution in [0.4, 0.5) is 5.69 Å². The third-order valence-electron chi connectivity index (χ3n) is 5.12. The fraction of sp³-hybridized carbons (Fsp3) is 0.292. The highest BCUT2D eigenvalue weighted by atomic mass is 32.1. The minimum atomic E-state index is -0.0196. The summed E-state index contributed by atoms with van der Waals surface area (Å²) < 4.78 is 11.3. The molecule has 1 aromatic heterocycles. The SMILES string of the molecule is CN(Cc1ccc(N2CCOCC2)cc1)C(=O)c1cccc(OCc2cccs2)c1. The molecule has 3 aromatic rings. The highest BCUT2D eigenvalue weighted by Crippen LogP contribution is 2.20. The number of rotatable bonds is 7. The average molecular weight is 423 g/mol. The zero-order chi connectivity index (χ0) is 20.8. The highest BCUT2D eigenvalue weighted by molar-refractivity contribution is 7.09. The first-order valence-corrected chi connectivity index (χ1v) is 11.0. The van der Waals surface area contributed by atoms with E-state index in [1.165, 1.54) is 5.69 Å². The van der Waals surface area contributed by atoms with Crippen molar-refractivity contribution in [1.29, 1.82) is 0 Å². The standard InChI is InChI=1S/C24H26N2O3S/c1-25(17-19-7-9-21(10-8-19)26-11-13-28-14-12-26)24(27)20-4-2-5-22(16-20)29-18-23-6-3-15-30-23/h2-10,15-16H,11-14,17-18H2,1H3. The van der Waals surface area contributed by atoms with Crippen molar-refractivity contribution in [3.63, 3.8) is 0 Å². The molecule has 4 rings (SSSR count). The fourth-order valence-electron chi connectivity index (χ4n) is 3.47. The second-order valence-corrected chi connectivity index (χ2v) is 8.36. The van der Waals surface area contributed by atoms with Crippen LogP contribution in [0.1, 0.15) is 20.8 Å². The molecule has 5 nitrogen and oxygen atoms in total. The molecule has 1 saturated heterocycles. The normalized spacial score (nSPS) is 13.8. The molecule has 1 aliphatic heterocycles. The smallest absolute Gasteiger partial charge is 0.254 e. The van der Waals surface area contributed by atoms with Gasteiger partial charge in [0.25, 0.3) is 5.91 Å². The van der Waals surface area contributed by atoms with Crippen LogP contribution in [0.2, 0.25) is 0 Å². The predicted molar refractivity (Wildman–Crippen MR) is 120 cm³/mol. The van der Waals surface area contributed by atoms with Gasteiger partial charge in [-0.2, -0.15) is 0 Å². The topological polar surface area (TPSA) is 42.0 Å².